The fourth-order valence-corrected chi connectivity index (χ4v) is 3.15. The third-order valence-electron chi connectivity index (χ3n) is 4.59. The molecule has 2 nitrogen and oxygen atoms in total. The van der Waals surface area contributed by atoms with Crippen LogP contribution in [0.15, 0.2) is 12.2 Å². The van der Waals surface area contributed by atoms with E-state index in [4.69, 9.17) is 4.74 Å². The predicted octanol–water partition coefficient (Wildman–Crippen LogP) is 4.94. The molecular weight excluding hydrogens is 258 g/mol. The SMILES string of the molecule is CCC/C=C/CCC[N+](CCCC)(CCCC)CC1CO1. The lowest BCUT2D eigenvalue weighted by Gasteiger charge is -2.39. The van der Waals surface area contributed by atoms with Crippen molar-refractivity contribution in [2.75, 3.05) is 32.8 Å². The summed E-state index contributed by atoms with van der Waals surface area (Å²) in [4.78, 5) is 0. The zero-order chi connectivity index (χ0) is 15.4. The van der Waals surface area contributed by atoms with Crippen LogP contribution >= 0.6 is 0 Å². The molecule has 0 aromatic heterocycles. The summed E-state index contributed by atoms with van der Waals surface area (Å²) in [5.41, 5.74) is 0. The van der Waals surface area contributed by atoms with Gasteiger partial charge in [-0.05, 0) is 25.7 Å². The Hall–Kier alpha value is -0.340. The molecule has 0 N–H and O–H groups in total. The molecule has 0 aromatic rings. The van der Waals surface area contributed by atoms with Gasteiger partial charge in [0.2, 0.25) is 0 Å². The Labute approximate surface area is 133 Å². The van der Waals surface area contributed by atoms with Crippen LogP contribution in [0.25, 0.3) is 0 Å². The molecule has 1 heterocycles. The molecule has 1 atom stereocenters. The highest BCUT2D eigenvalue weighted by Gasteiger charge is 2.35. The third-order valence-corrected chi connectivity index (χ3v) is 4.59. The van der Waals surface area contributed by atoms with Gasteiger partial charge in [-0.25, -0.2) is 0 Å². The van der Waals surface area contributed by atoms with E-state index in [9.17, 15) is 0 Å². The first-order valence-corrected chi connectivity index (χ1v) is 9.38. The van der Waals surface area contributed by atoms with E-state index >= 15 is 0 Å². The topological polar surface area (TPSA) is 12.5 Å². The van der Waals surface area contributed by atoms with Gasteiger partial charge in [0.05, 0.1) is 26.2 Å². The van der Waals surface area contributed by atoms with E-state index < -0.39 is 0 Å². The van der Waals surface area contributed by atoms with E-state index in [1.165, 1.54) is 82.0 Å². The molecule has 0 saturated carbocycles. The van der Waals surface area contributed by atoms with Gasteiger partial charge in [-0.2, -0.15) is 0 Å². The normalized spacial score (nSPS) is 18.5. The number of allylic oxidation sites excluding steroid dienone is 2. The van der Waals surface area contributed by atoms with E-state index in [1.54, 1.807) is 0 Å². The van der Waals surface area contributed by atoms with Gasteiger partial charge in [-0.1, -0.05) is 52.2 Å². The van der Waals surface area contributed by atoms with Gasteiger partial charge in [0.25, 0.3) is 0 Å². The molecule has 1 fully saturated rings. The zero-order valence-electron chi connectivity index (χ0n) is 14.8. The van der Waals surface area contributed by atoms with E-state index in [0.717, 1.165) is 6.61 Å². The lowest BCUT2D eigenvalue weighted by molar-refractivity contribution is -0.929. The Morgan fingerprint density at radius 1 is 0.857 bits per heavy atom. The van der Waals surface area contributed by atoms with Gasteiger partial charge in [-0.3, -0.25) is 0 Å². The quantitative estimate of drug-likeness (QED) is 0.191. The van der Waals surface area contributed by atoms with Crippen molar-refractivity contribution >= 4 is 0 Å². The van der Waals surface area contributed by atoms with E-state index in [2.05, 4.69) is 32.9 Å². The van der Waals surface area contributed by atoms with E-state index in [0.29, 0.717) is 6.10 Å². The van der Waals surface area contributed by atoms with Crippen LogP contribution in [-0.4, -0.2) is 43.4 Å². The highest BCUT2D eigenvalue weighted by atomic mass is 16.6. The van der Waals surface area contributed by atoms with Crippen molar-refractivity contribution < 1.29 is 9.22 Å². The molecule has 1 rings (SSSR count). The number of epoxide rings is 1. The highest BCUT2D eigenvalue weighted by molar-refractivity contribution is 4.81. The first kappa shape index (κ1) is 18.7. The maximum Gasteiger partial charge on any atom is 0.130 e. The molecule has 0 radical (unpaired) electrons. The maximum atomic E-state index is 5.55. The Kier molecular flexibility index (Phi) is 10.0. The molecule has 0 bridgehead atoms. The summed E-state index contributed by atoms with van der Waals surface area (Å²) in [6.07, 6.45) is 15.8. The summed E-state index contributed by atoms with van der Waals surface area (Å²) < 4.78 is 6.87. The molecule has 0 aliphatic carbocycles. The summed E-state index contributed by atoms with van der Waals surface area (Å²) in [6, 6.07) is 0. The molecule has 1 saturated heterocycles. The summed E-state index contributed by atoms with van der Waals surface area (Å²) in [7, 11) is 0. The first-order chi connectivity index (χ1) is 10.3. The van der Waals surface area contributed by atoms with Gasteiger partial charge < -0.3 is 9.22 Å². The van der Waals surface area contributed by atoms with Crippen molar-refractivity contribution in [1.82, 2.24) is 0 Å². The van der Waals surface area contributed by atoms with Gasteiger partial charge in [0.1, 0.15) is 12.6 Å². The summed E-state index contributed by atoms with van der Waals surface area (Å²) in [5.74, 6) is 0. The summed E-state index contributed by atoms with van der Waals surface area (Å²) in [5, 5.41) is 0. The molecule has 0 amide bonds. The van der Waals surface area contributed by atoms with Crippen molar-refractivity contribution in [2.45, 2.75) is 78.2 Å². The number of ether oxygens (including phenoxy) is 1. The van der Waals surface area contributed by atoms with Gasteiger partial charge in [-0.15, -0.1) is 0 Å². The van der Waals surface area contributed by atoms with Crippen LogP contribution < -0.4 is 0 Å². The minimum atomic E-state index is 0.564. The van der Waals surface area contributed by atoms with Crippen LogP contribution in [-0.2, 0) is 4.74 Å². The lowest BCUT2D eigenvalue weighted by Crippen LogP contribution is -2.52. The molecule has 1 aliphatic rings. The molecule has 0 spiro atoms. The van der Waals surface area contributed by atoms with Crippen molar-refractivity contribution in [2.24, 2.45) is 0 Å². The Morgan fingerprint density at radius 2 is 1.43 bits per heavy atom. The number of hydrogen-bond acceptors (Lipinski definition) is 1. The number of hydrogen-bond donors (Lipinski definition) is 0. The van der Waals surface area contributed by atoms with E-state index in [-0.39, 0.29) is 0 Å². The average molecular weight is 297 g/mol. The maximum absolute atomic E-state index is 5.55. The molecule has 0 aromatic carbocycles. The average Bonchev–Trinajstić information content (AvgIpc) is 3.30. The Morgan fingerprint density at radius 3 is 1.95 bits per heavy atom. The van der Waals surface area contributed by atoms with Crippen molar-refractivity contribution in [3.05, 3.63) is 12.2 Å². The van der Waals surface area contributed by atoms with Gasteiger partial charge >= 0.3 is 0 Å². The standard InChI is InChI=1S/C19H38NO/c1-4-7-10-11-12-13-16-20(14-8-5-2,15-9-6-3)17-19-18-21-19/h10-11,19H,4-9,12-18H2,1-3H3/q+1/b11-10+. The van der Waals surface area contributed by atoms with Crippen molar-refractivity contribution in [3.63, 3.8) is 0 Å². The van der Waals surface area contributed by atoms with Gasteiger partial charge in [0.15, 0.2) is 0 Å². The number of unbranched alkanes of at least 4 members (excludes halogenated alkanes) is 4. The Balaban J connectivity index is 2.45. The fourth-order valence-electron chi connectivity index (χ4n) is 3.15. The molecule has 1 aliphatic heterocycles. The molecule has 2 heteroatoms. The van der Waals surface area contributed by atoms with Crippen LogP contribution in [0.5, 0.6) is 0 Å². The molecule has 1 unspecified atom stereocenters. The summed E-state index contributed by atoms with van der Waals surface area (Å²) in [6.45, 7) is 13.2. The van der Waals surface area contributed by atoms with Crippen molar-refractivity contribution in [3.8, 4) is 0 Å². The predicted molar refractivity (Wildman–Crippen MR) is 92.6 cm³/mol. The van der Waals surface area contributed by atoms with Crippen LogP contribution in [0.4, 0.5) is 0 Å². The van der Waals surface area contributed by atoms with Crippen LogP contribution in [0.2, 0.25) is 0 Å². The second-order valence-electron chi connectivity index (χ2n) is 6.76. The second kappa shape index (κ2) is 11.3. The van der Waals surface area contributed by atoms with Gasteiger partial charge in [0, 0.05) is 6.42 Å². The fraction of sp³-hybridized carbons (Fsp3) is 0.895. The number of nitrogens with zero attached hydrogens (tertiary/aromatic N) is 1. The second-order valence-corrected chi connectivity index (χ2v) is 6.76. The molecule has 124 valence electrons. The smallest absolute Gasteiger partial charge is 0.130 e. The minimum absolute atomic E-state index is 0.564. The van der Waals surface area contributed by atoms with E-state index in [1.807, 2.05) is 0 Å². The largest absolute Gasteiger partial charge is 0.367 e. The number of quaternary nitrogens is 1. The zero-order valence-corrected chi connectivity index (χ0v) is 14.8. The Bertz CT molecular complexity index is 263. The first-order valence-electron chi connectivity index (χ1n) is 9.38. The minimum Gasteiger partial charge on any atom is -0.367 e. The lowest BCUT2D eigenvalue weighted by atomic mass is 10.1. The van der Waals surface area contributed by atoms with Crippen molar-refractivity contribution in [1.29, 1.82) is 0 Å². The van der Waals surface area contributed by atoms with Crippen LogP contribution in [0, 0.1) is 0 Å². The number of rotatable bonds is 14. The van der Waals surface area contributed by atoms with Crippen LogP contribution in [0.3, 0.4) is 0 Å². The molecular formula is C19H38NO+. The monoisotopic (exact) mass is 296 g/mol. The molecule has 21 heavy (non-hydrogen) atoms. The third kappa shape index (κ3) is 8.63. The summed E-state index contributed by atoms with van der Waals surface area (Å²) >= 11 is 0. The van der Waals surface area contributed by atoms with Crippen LogP contribution in [0.1, 0.15) is 72.1 Å². The highest BCUT2D eigenvalue weighted by Crippen LogP contribution is 2.21.